The van der Waals surface area contributed by atoms with Gasteiger partial charge in [0.05, 0.1) is 6.04 Å². The van der Waals surface area contributed by atoms with E-state index < -0.39 is 21.5 Å². The fourth-order valence-electron chi connectivity index (χ4n) is 2.00. The lowest BCUT2D eigenvalue weighted by molar-refractivity contribution is 0.0500. The number of carbonyl (C=O) groups is 1. The van der Waals surface area contributed by atoms with Crippen LogP contribution in [0.2, 0.25) is 0 Å². The van der Waals surface area contributed by atoms with E-state index in [9.17, 15) is 4.79 Å². The van der Waals surface area contributed by atoms with Gasteiger partial charge in [-0.25, -0.2) is 4.79 Å². The summed E-state index contributed by atoms with van der Waals surface area (Å²) in [6, 6.07) is 6.97. The molecule has 0 saturated heterocycles. The Labute approximate surface area is 174 Å². The molecule has 1 amide bonds. The highest BCUT2D eigenvalue weighted by atomic mass is 79.9. The number of alkyl halides is 3. The molecule has 1 aromatic heterocycles. The highest BCUT2D eigenvalue weighted by molar-refractivity contribution is 9.10. The van der Waals surface area contributed by atoms with Crippen molar-refractivity contribution in [1.29, 1.82) is 0 Å². The Hall–Kier alpha value is -1.02. The zero-order valence-electron chi connectivity index (χ0n) is 14.2. The number of hydrogen-bond acceptors (Lipinski definition) is 5. The van der Waals surface area contributed by atoms with Crippen molar-refractivity contribution in [2.45, 2.75) is 42.6 Å². The van der Waals surface area contributed by atoms with Gasteiger partial charge in [0, 0.05) is 10.9 Å². The quantitative estimate of drug-likeness (QED) is 0.582. The fourth-order valence-corrected chi connectivity index (χ4v) is 2.50. The Balaban J connectivity index is 2.24. The minimum absolute atomic E-state index is 0.177. The summed E-state index contributed by atoms with van der Waals surface area (Å²) in [6.45, 7) is 5.31. The van der Waals surface area contributed by atoms with Gasteiger partial charge >= 0.3 is 6.09 Å². The number of benzene rings is 1. The maximum atomic E-state index is 12.2. The molecule has 1 heterocycles. The lowest BCUT2D eigenvalue weighted by Gasteiger charge is -2.22. The summed E-state index contributed by atoms with van der Waals surface area (Å²) in [6.07, 6.45) is -0.217. The molecular formula is C16H17BrCl3N3O3. The summed E-state index contributed by atoms with van der Waals surface area (Å²) in [5.74, 6) is 0.00407. The fraction of sp³-hybridized carbons (Fsp3) is 0.438. The van der Waals surface area contributed by atoms with Gasteiger partial charge in [0.15, 0.2) is 5.82 Å². The number of halogens is 4. The van der Waals surface area contributed by atoms with E-state index in [4.69, 9.17) is 44.1 Å². The molecule has 0 aliphatic heterocycles. The number of ether oxygens (including phenoxy) is 1. The van der Waals surface area contributed by atoms with Crippen molar-refractivity contribution in [3.05, 3.63) is 46.0 Å². The number of aromatic nitrogens is 2. The molecule has 0 spiro atoms. The van der Waals surface area contributed by atoms with Crippen LogP contribution in [-0.2, 0) is 15.0 Å². The van der Waals surface area contributed by atoms with Gasteiger partial charge in [0.2, 0.25) is 0 Å². The van der Waals surface area contributed by atoms with Gasteiger partial charge in [-0.2, -0.15) is 4.98 Å². The summed E-state index contributed by atoms with van der Waals surface area (Å²) in [4.78, 5) is 16.3. The highest BCUT2D eigenvalue weighted by Crippen LogP contribution is 2.37. The van der Waals surface area contributed by atoms with Crippen LogP contribution in [0.1, 0.15) is 44.1 Å². The normalized spacial score (nSPS) is 13.3. The molecule has 0 fully saturated rings. The SMILES string of the molecule is CC(C)(C)OC(=O)NC(Cc1ccc(Br)cc1)c1noc(C(Cl)(Cl)Cl)n1. The van der Waals surface area contributed by atoms with Crippen LogP contribution in [0.25, 0.3) is 0 Å². The number of amides is 1. The zero-order chi connectivity index (χ0) is 19.5. The number of carbonyl (C=O) groups excluding carboxylic acids is 1. The standard InChI is InChI=1S/C16H17BrCl3N3O3/c1-15(2,3)25-14(24)21-11(8-9-4-6-10(17)7-5-9)12-22-13(26-23-12)16(18,19)20/h4-7,11H,8H2,1-3H3,(H,21,24). The number of rotatable bonds is 4. The Morgan fingerprint density at radius 3 is 2.38 bits per heavy atom. The van der Waals surface area contributed by atoms with E-state index in [1.165, 1.54) is 0 Å². The molecule has 0 bridgehead atoms. The Morgan fingerprint density at radius 2 is 1.88 bits per heavy atom. The van der Waals surface area contributed by atoms with Crippen molar-refractivity contribution >= 4 is 56.8 Å². The number of alkyl carbamates (subject to hydrolysis) is 1. The van der Waals surface area contributed by atoms with Crippen molar-refractivity contribution in [3.8, 4) is 0 Å². The first-order chi connectivity index (χ1) is 11.9. The molecule has 1 aromatic carbocycles. The molecule has 0 aliphatic rings. The van der Waals surface area contributed by atoms with Gasteiger partial charge in [0.25, 0.3) is 9.68 Å². The van der Waals surface area contributed by atoms with Gasteiger partial charge < -0.3 is 14.6 Å². The zero-order valence-corrected chi connectivity index (χ0v) is 18.1. The van der Waals surface area contributed by atoms with Crippen LogP contribution in [0.5, 0.6) is 0 Å². The van der Waals surface area contributed by atoms with Crippen LogP contribution in [0, 0.1) is 0 Å². The van der Waals surface area contributed by atoms with E-state index in [2.05, 4.69) is 31.4 Å². The molecule has 6 nitrogen and oxygen atoms in total. The summed E-state index contributed by atoms with van der Waals surface area (Å²) < 4.78 is 9.38. The Morgan fingerprint density at radius 1 is 1.27 bits per heavy atom. The second-order valence-corrected chi connectivity index (χ2v) is 9.68. The van der Waals surface area contributed by atoms with Crippen LogP contribution in [-0.4, -0.2) is 21.8 Å². The predicted molar refractivity (Wildman–Crippen MR) is 103 cm³/mol. The van der Waals surface area contributed by atoms with Crippen molar-refractivity contribution in [2.24, 2.45) is 0 Å². The van der Waals surface area contributed by atoms with E-state index in [1.807, 2.05) is 24.3 Å². The smallest absolute Gasteiger partial charge is 0.408 e. The monoisotopic (exact) mass is 483 g/mol. The van der Waals surface area contributed by atoms with Crippen LogP contribution >= 0.6 is 50.7 Å². The van der Waals surface area contributed by atoms with Crippen LogP contribution < -0.4 is 5.32 Å². The third-order valence-electron chi connectivity index (χ3n) is 3.04. The van der Waals surface area contributed by atoms with Crippen molar-refractivity contribution in [2.75, 3.05) is 0 Å². The van der Waals surface area contributed by atoms with Gasteiger partial charge in [-0.15, -0.1) is 0 Å². The van der Waals surface area contributed by atoms with Crippen LogP contribution in [0.15, 0.2) is 33.3 Å². The topological polar surface area (TPSA) is 77.2 Å². The van der Waals surface area contributed by atoms with Crippen LogP contribution in [0.4, 0.5) is 4.79 Å². The van der Waals surface area contributed by atoms with E-state index in [0.717, 1.165) is 10.0 Å². The van der Waals surface area contributed by atoms with Crippen LogP contribution in [0.3, 0.4) is 0 Å². The van der Waals surface area contributed by atoms with Gasteiger partial charge in [-0.3, -0.25) is 0 Å². The molecule has 2 rings (SSSR count). The minimum atomic E-state index is -1.85. The maximum Gasteiger partial charge on any atom is 0.408 e. The first kappa shape index (κ1) is 21.3. The molecule has 0 radical (unpaired) electrons. The molecule has 2 aromatic rings. The first-order valence-corrected chi connectivity index (χ1v) is 9.51. The Kier molecular flexibility index (Phi) is 6.82. The maximum absolute atomic E-state index is 12.2. The number of hydrogen-bond donors (Lipinski definition) is 1. The third kappa shape index (κ3) is 6.61. The summed E-state index contributed by atoms with van der Waals surface area (Å²) in [7, 11) is 0. The summed E-state index contributed by atoms with van der Waals surface area (Å²) in [5.41, 5.74) is 0.293. The second kappa shape index (κ2) is 8.33. The Bertz CT molecular complexity index is 755. The molecule has 0 saturated carbocycles. The largest absolute Gasteiger partial charge is 0.444 e. The van der Waals surface area contributed by atoms with Gasteiger partial charge in [0.1, 0.15) is 5.60 Å². The van der Waals surface area contributed by atoms with Crippen molar-refractivity contribution < 1.29 is 14.1 Å². The van der Waals surface area contributed by atoms with E-state index in [1.54, 1.807) is 20.8 Å². The molecule has 1 N–H and O–H groups in total. The number of nitrogens with zero attached hydrogens (tertiary/aromatic N) is 2. The first-order valence-electron chi connectivity index (χ1n) is 7.59. The van der Waals surface area contributed by atoms with E-state index >= 15 is 0 Å². The van der Waals surface area contributed by atoms with E-state index in [-0.39, 0.29) is 11.7 Å². The highest BCUT2D eigenvalue weighted by Gasteiger charge is 2.33. The third-order valence-corrected chi connectivity index (χ3v) is 4.05. The minimum Gasteiger partial charge on any atom is -0.444 e. The van der Waals surface area contributed by atoms with Crippen molar-refractivity contribution in [1.82, 2.24) is 15.5 Å². The lowest BCUT2D eigenvalue weighted by Crippen LogP contribution is -2.36. The molecule has 26 heavy (non-hydrogen) atoms. The molecule has 1 atom stereocenters. The average molecular weight is 486 g/mol. The molecule has 10 heteroatoms. The van der Waals surface area contributed by atoms with Gasteiger partial charge in [-0.1, -0.05) is 68.0 Å². The lowest BCUT2D eigenvalue weighted by atomic mass is 10.1. The summed E-state index contributed by atoms with van der Waals surface area (Å²) in [5, 5.41) is 6.56. The molecular weight excluding hydrogens is 468 g/mol. The van der Waals surface area contributed by atoms with Crippen molar-refractivity contribution in [3.63, 3.8) is 0 Å². The van der Waals surface area contributed by atoms with E-state index in [0.29, 0.717) is 6.42 Å². The predicted octanol–water partition coefficient (Wildman–Crippen LogP) is 5.47. The number of nitrogens with one attached hydrogen (secondary N) is 1. The second-order valence-electron chi connectivity index (χ2n) is 6.48. The average Bonchev–Trinajstić information content (AvgIpc) is 2.97. The molecule has 0 aliphatic carbocycles. The molecule has 142 valence electrons. The van der Waals surface area contributed by atoms with Gasteiger partial charge in [-0.05, 0) is 38.5 Å². The summed E-state index contributed by atoms with van der Waals surface area (Å²) >= 11 is 20.7. The molecule has 1 unspecified atom stereocenters.